The van der Waals surface area contributed by atoms with E-state index < -0.39 is 41.7 Å². The van der Waals surface area contributed by atoms with Crippen molar-refractivity contribution in [2.24, 2.45) is 22.2 Å². The van der Waals surface area contributed by atoms with Gasteiger partial charge in [-0.25, -0.2) is 0 Å². The number of pyridine rings is 1. The van der Waals surface area contributed by atoms with Gasteiger partial charge in [-0.1, -0.05) is 18.2 Å². The summed E-state index contributed by atoms with van der Waals surface area (Å²) in [6.45, 7) is 1.42. The summed E-state index contributed by atoms with van der Waals surface area (Å²) in [5.41, 5.74) is 16.5. The molecule has 37 heavy (non-hydrogen) atoms. The lowest BCUT2D eigenvalue weighted by Gasteiger charge is -2.20. The normalized spacial score (nSPS) is 12.1. The van der Waals surface area contributed by atoms with Gasteiger partial charge in [0, 0.05) is 31.5 Å². The number of carbonyl (C=O) groups excluding carboxylic acids is 4. The third kappa shape index (κ3) is 8.76. The summed E-state index contributed by atoms with van der Waals surface area (Å²) in [6, 6.07) is 4.45. The zero-order valence-electron chi connectivity index (χ0n) is 20.2. The molecule has 2 rings (SSSR count). The quantitative estimate of drug-likeness (QED) is 0.100. The smallest absolute Gasteiger partial charge is 0.303 e. The van der Waals surface area contributed by atoms with Gasteiger partial charge in [0.15, 0.2) is 5.96 Å². The van der Waals surface area contributed by atoms with E-state index in [4.69, 9.17) is 22.3 Å². The van der Waals surface area contributed by atoms with E-state index in [1.54, 1.807) is 24.3 Å². The second kappa shape index (κ2) is 13.4. The predicted octanol–water partition coefficient (Wildman–Crippen LogP) is -0.820. The molecule has 0 fully saturated rings. The number of hydrogen-bond donors (Lipinski definition) is 7. The summed E-state index contributed by atoms with van der Waals surface area (Å²) in [7, 11) is 0. The van der Waals surface area contributed by atoms with E-state index in [1.165, 1.54) is 13.1 Å². The first-order chi connectivity index (χ1) is 17.5. The van der Waals surface area contributed by atoms with Gasteiger partial charge in [0.2, 0.25) is 17.7 Å². The van der Waals surface area contributed by atoms with Crippen LogP contribution in [0.5, 0.6) is 0 Å². The van der Waals surface area contributed by atoms with Crippen molar-refractivity contribution in [2.45, 2.75) is 44.7 Å². The summed E-state index contributed by atoms with van der Waals surface area (Å²) in [5, 5.41) is 17.0. The van der Waals surface area contributed by atoms with Gasteiger partial charge in [-0.2, -0.15) is 0 Å². The number of aliphatic imine (C=N–C) groups is 1. The second-order valence-electron chi connectivity index (χ2n) is 8.12. The zero-order chi connectivity index (χ0) is 27.5. The van der Waals surface area contributed by atoms with Gasteiger partial charge in [-0.05, 0) is 25.3 Å². The number of carboxylic acid groups (broad SMARTS) is 1. The zero-order valence-corrected chi connectivity index (χ0v) is 20.2. The van der Waals surface area contributed by atoms with Gasteiger partial charge in [-0.15, -0.1) is 0 Å². The third-order valence-electron chi connectivity index (χ3n) is 5.20. The molecule has 0 aliphatic heterocycles. The highest BCUT2D eigenvalue weighted by molar-refractivity contribution is 6.13. The molecule has 14 nitrogen and oxygen atoms in total. The molecule has 1 aromatic carbocycles. The lowest BCUT2D eigenvalue weighted by atomic mass is 10.1. The molecule has 10 N–H and O–H groups in total. The molecule has 198 valence electrons. The van der Waals surface area contributed by atoms with Gasteiger partial charge in [0.25, 0.3) is 5.91 Å². The van der Waals surface area contributed by atoms with E-state index >= 15 is 0 Å². The van der Waals surface area contributed by atoms with E-state index in [0.717, 1.165) is 0 Å². The maximum Gasteiger partial charge on any atom is 0.303 e. The number of carboxylic acids is 1. The van der Waals surface area contributed by atoms with Crippen LogP contribution in [0, 0.1) is 0 Å². The number of primary amides is 1. The average molecular weight is 515 g/mol. The molecule has 2 atom stereocenters. The summed E-state index contributed by atoms with van der Waals surface area (Å²) >= 11 is 0. The lowest BCUT2D eigenvalue weighted by Crippen LogP contribution is -2.45. The molecule has 2 aromatic rings. The molecule has 0 radical (unpaired) electrons. The molecule has 1 aromatic heterocycles. The monoisotopic (exact) mass is 514 g/mol. The fourth-order valence-corrected chi connectivity index (χ4v) is 3.47. The van der Waals surface area contributed by atoms with Crippen LogP contribution in [0.2, 0.25) is 0 Å². The van der Waals surface area contributed by atoms with Gasteiger partial charge in [0.1, 0.15) is 12.1 Å². The number of aromatic nitrogens is 1. The Bertz CT molecular complexity index is 1210. The molecule has 1 heterocycles. The molecule has 0 aliphatic carbocycles. The second-order valence-corrected chi connectivity index (χ2v) is 8.12. The standard InChI is InChI=1S/C23H30N8O6/c1-12(32)29-17(8-9-18(33)34)22(37)31-19-13-5-2-3-6-15(13)28-11-14(19)21(36)30-16(20(24)35)7-4-10-27-23(25)26/h2-3,5-6,11,16-17H,4,7-10H2,1H3,(H2,24,35)(H,29,32)(H,30,36)(H,33,34)(H4,25,26,27)(H,28,31,37)/t16-,17-/m0/s1. The molecule has 0 aliphatic rings. The maximum absolute atomic E-state index is 13.2. The number of anilines is 1. The Labute approximate surface area is 212 Å². The van der Waals surface area contributed by atoms with Crippen molar-refractivity contribution in [2.75, 3.05) is 11.9 Å². The fraction of sp³-hybridized carbons (Fsp3) is 0.348. The van der Waals surface area contributed by atoms with E-state index in [0.29, 0.717) is 17.3 Å². The number of hydrogen-bond acceptors (Lipinski definition) is 7. The highest BCUT2D eigenvalue weighted by atomic mass is 16.4. The molecule has 0 saturated carbocycles. The first-order valence-electron chi connectivity index (χ1n) is 11.3. The Morgan fingerprint density at radius 2 is 1.73 bits per heavy atom. The van der Waals surface area contributed by atoms with Crippen molar-refractivity contribution in [1.29, 1.82) is 0 Å². The SMILES string of the molecule is CC(=O)N[C@@H](CCC(=O)O)C(=O)Nc1c(C(=O)N[C@@H](CCCN=C(N)N)C(N)=O)cnc2ccccc12. The third-order valence-corrected chi connectivity index (χ3v) is 5.20. The van der Waals surface area contributed by atoms with E-state index in [2.05, 4.69) is 25.9 Å². The van der Waals surface area contributed by atoms with Crippen LogP contribution in [0.25, 0.3) is 10.9 Å². The molecular weight excluding hydrogens is 484 g/mol. The molecule has 0 saturated heterocycles. The molecule has 14 heteroatoms. The van der Waals surface area contributed by atoms with Crippen molar-refractivity contribution in [3.8, 4) is 0 Å². The lowest BCUT2D eigenvalue weighted by molar-refractivity contribution is -0.137. The summed E-state index contributed by atoms with van der Waals surface area (Å²) < 4.78 is 0. The van der Waals surface area contributed by atoms with Crippen LogP contribution in [0.1, 0.15) is 43.0 Å². The van der Waals surface area contributed by atoms with Crippen LogP contribution in [-0.4, -0.2) is 64.3 Å². The molecular formula is C23H30N8O6. The number of nitrogens with zero attached hydrogens (tertiary/aromatic N) is 2. The molecule has 0 spiro atoms. The van der Waals surface area contributed by atoms with E-state index in [9.17, 15) is 24.0 Å². The van der Waals surface area contributed by atoms with Crippen LogP contribution in [0.15, 0.2) is 35.5 Å². The Morgan fingerprint density at radius 3 is 2.35 bits per heavy atom. The summed E-state index contributed by atoms with van der Waals surface area (Å²) in [5.74, 6) is -4.03. The average Bonchev–Trinajstić information content (AvgIpc) is 2.82. The van der Waals surface area contributed by atoms with Crippen molar-refractivity contribution < 1.29 is 29.1 Å². The van der Waals surface area contributed by atoms with Crippen molar-refractivity contribution >= 4 is 52.1 Å². The van der Waals surface area contributed by atoms with Gasteiger partial charge >= 0.3 is 5.97 Å². The minimum absolute atomic E-state index is 0.0673. The van der Waals surface area contributed by atoms with Gasteiger partial charge in [0.05, 0.1) is 16.8 Å². The predicted molar refractivity (Wildman–Crippen MR) is 135 cm³/mol. The largest absolute Gasteiger partial charge is 0.481 e. The Morgan fingerprint density at radius 1 is 1.03 bits per heavy atom. The topological polar surface area (TPSA) is 245 Å². The number of nitrogens with two attached hydrogens (primary N) is 3. The van der Waals surface area contributed by atoms with Gasteiger partial charge < -0.3 is 38.3 Å². The highest BCUT2D eigenvalue weighted by Crippen LogP contribution is 2.26. The Balaban J connectivity index is 2.36. The van der Waals surface area contributed by atoms with Crippen molar-refractivity contribution in [3.05, 3.63) is 36.0 Å². The minimum Gasteiger partial charge on any atom is -0.481 e. The summed E-state index contributed by atoms with van der Waals surface area (Å²) in [4.78, 5) is 68.9. The number of para-hydroxylation sites is 1. The first-order valence-corrected chi connectivity index (χ1v) is 11.3. The van der Waals surface area contributed by atoms with E-state index in [1.807, 2.05) is 0 Å². The number of guanidine groups is 1. The molecule has 0 unspecified atom stereocenters. The van der Waals surface area contributed by atoms with E-state index in [-0.39, 0.29) is 43.0 Å². The number of amides is 4. The molecule has 0 bridgehead atoms. The van der Waals surface area contributed by atoms with Crippen LogP contribution in [0.3, 0.4) is 0 Å². The van der Waals surface area contributed by atoms with Crippen molar-refractivity contribution in [1.82, 2.24) is 15.6 Å². The Hall–Kier alpha value is -4.75. The number of fused-ring (bicyclic) bond motifs is 1. The number of aliphatic carboxylic acids is 1. The molecule has 4 amide bonds. The number of benzene rings is 1. The minimum atomic E-state index is -1.18. The first kappa shape index (κ1) is 28.5. The number of carbonyl (C=O) groups is 5. The maximum atomic E-state index is 13.2. The Kier molecular flexibility index (Phi) is 10.3. The van der Waals surface area contributed by atoms with Crippen molar-refractivity contribution in [3.63, 3.8) is 0 Å². The fourth-order valence-electron chi connectivity index (χ4n) is 3.47. The van der Waals surface area contributed by atoms with Gasteiger partial charge in [-0.3, -0.25) is 33.9 Å². The summed E-state index contributed by atoms with van der Waals surface area (Å²) in [6.07, 6.45) is 1.19. The van der Waals surface area contributed by atoms with Crippen LogP contribution in [0.4, 0.5) is 5.69 Å². The highest BCUT2D eigenvalue weighted by Gasteiger charge is 2.26. The van der Waals surface area contributed by atoms with Crippen LogP contribution >= 0.6 is 0 Å². The number of rotatable bonds is 13. The number of nitrogens with one attached hydrogen (secondary N) is 3. The van der Waals surface area contributed by atoms with Crippen LogP contribution < -0.4 is 33.2 Å². The van der Waals surface area contributed by atoms with Crippen LogP contribution in [-0.2, 0) is 19.2 Å².